The number of nitriles is 1. The van der Waals surface area contributed by atoms with E-state index in [4.69, 9.17) is 9.47 Å². The number of benzene rings is 1. The van der Waals surface area contributed by atoms with Crippen molar-refractivity contribution in [3.05, 3.63) is 35.4 Å². The summed E-state index contributed by atoms with van der Waals surface area (Å²) in [5, 5.41) is 9.29. The largest absolute Gasteiger partial charge is 0.494 e. The van der Waals surface area contributed by atoms with Crippen LogP contribution in [-0.4, -0.2) is 41.6 Å². The zero-order valence-electron chi connectivity index (χ0n) is 16.9. The molecule has 1 aromatic carbocycles. The summed E-state index contributed by atoms with van der Waals surface area (Å²) in [5.74, 6) is -0.399. The summed E-state index contributed by atoms with van der Waals surface area (Å²) in [6.07, 6.45) is 0.456. The van der Waals surface area contributed by atoms with Crippen molar-refractivity contribution in [1.29, 1.82) is 5.26 Å². The summed E-state index contributed by atoms with van der Waals surface area (Å²) < 4.78 is 10.6. The Morgan fingerprint density at radius 1 is 1.11 bits per heavy atom. The molecule has 1 amide bonds. The molecule has 1 rings (SSSR count). The SMILES string of the molecule is CCOc1ccc(/C=C(\C#N)C(=O)O[C@@H](C)C(=O)N(C(C)C)C(C)C)cc1. The van der Waals surface area contributed by atoms with Gasteiger partial charge in [0.25, 0.3) is 5.91 Å². The minimum Gasteiger partial charge on any atom is -0.494 e. The second kappa shape index (κ2) is 10.4. The molecule has 0 aromatic heterocycles. The van der Waals surface area contributed by atoms with Gasteiger partial charge in [0, 0.05) is 12.1 Å². The van der Waals surface area contributed by atoms with Gasteiger partial charge in [-0.3, -0.25) is 4.79 Å². The van der Waals surface area contributed by atoms with Gasteiger partial charge in [-0.05, 0) is 65.3 Å². The molecule has 0 heterocycles. The fourth-order valence-electron chi connectivity index (χ4n) is 2.72. The minimum absolute atomic E-state index is 0.0199. The highest BCUT2D eigenvalue weighted by Crippen LogP contribution is 2.16. The average Bonchev–Trinajstić information content (AvgIpc) is 2.60. The van der Waals surface area contributed by atoms with E-state index >= 15 is 0 Å². The molecule has 1 atom stereocenters. The molecule has 0 N–H and O–H groups in total. The molecule has 0 spiro atoms. The predicted octanol–water partition coefficient (Wildman–Crippen LogP) is 3.57. The average molecular weight is 372 g/mol. The smallest absolute Gasteiger partial charge is 0.349 e. The zero-order valence-corrected chi connectivity index (χ0v) is 16.9. The number of esters is 1. The van der Waals surface area contributed by atoms with E-state index in [0.717, 1.165) is 0 Å². The van der Waals surface area contributed by atoms with Crippen LogP contribution in [0.4, 0.5) is 0 Å². The van der Waals surface area contributed by atoms with Crippen LogP contribution in [0, 0.1) is 11.3 Å². The molecule has 27 heavy (non-hydrogen) atoms. The molecular weight excluding hydrogens is 344 g/mol. The Hall–Kier alpha value is -2.81. The first-order valence-corrected chi connectivity index (χ1v) is 9.09. The number of carbonyl (C=O) groups excluding carboxylic acids is 2. The molecule has 0 unspecified atom stereocenters. The Morgan fingerprint density at radius 2 is 1.67 bits per heavy atom. The van der Waals surface area contributed by atoms with Crippen molar-refractivity contribution in [2.45, 2.75) is 59.7 Å². The van der Waals surface area contributed by atoms with Crippen LogP contribution in [0.2, 0.25) is 0 Å². The van der Waals surface area contributed by atoms with Gasteiger partial charge in [0.05, 0.1) is 6.61 Å². The zero-order chi connectivity index (χ0) is 20.6. The van der Waals surface area contributed by atoms with Gasteiger partial charge >= 0.3 is 5.97 Å². The molecule has 0 saturated heterocycles. The van der Waals surface area contributed by atoms with Crippen molar-refractivity contribution < 1.29 is 19.1 Å². The summed E-state index contributed by atoms with van der Waals surface area (Å²) in [5.41, 5.74) is 0.497. The molecule has 0 aliphatic carbocycles. The molecule has 1 aromatic rings. The molecule has 6 nitrogen and oxygen atoms in total. The van der Waals surface area contributed by atoms with Gasteiger partial charge in [-0.15, -0.1) is 0 Å². The van der Waals surface area contributed by atoms with E-state index in [1.165, 1.54) is 13.0 Å². The number of hydrogen-bond acceptors (Lipinski definition) is 5. The summed E-state index contributed by atoms with van der Waals surface area (Å²) in [6, 6.07) is 8.79. The number of carbonyl (C=O) groups is 2. The van der Waals surface area contributed by atoms with E-state index < -0.39 is 12.1 Å². The van der Waals surface area contributed by atoms with Crippen LogP contribution in [0.3, 0.4) is 0 Å². The lowest BCUT2D eigenvalue weighted by Crippen LogP contribution is -2.47. The summed E-state index contributed by atoms with van der Waals surface area (Å²) in [4.78, 5) is 26.5. The van der Waals surface area contributed by atoms with Gasteiger partial charge in [-0.25, -0.2) is 4.79 Å². The topological polar surface area (TPSA) is 79.6 Å². The first kappa shape index (κ1) is 22.2. The Balaban J connectivity index is 2.88. The Labute approximate surface area is 161 Å². The molecule has 0 saturated carbocycles. The summed E-state index contributed by atoms with van der Waals surface area (Å²) >= 11 is 0. The van der Waals surface area contributed by atoms with Gasteiger partial charge in [-0.2, -0.15) is 5.26 Å². The van der Waals surface area contributed by atoms with Crippen LogP contribution < -0.4 is 4.74 Å². The monoisotopic (exact) mass is 372 g/mol. The number of amides is 1. The molecule has 0 radical (unpaired) electrons. The van der Waals surface area contributed by atoms with Crippen LogP contribution in [0.1, 0.15) is 47.1 Å². The van der Waals surface area contributed by atoms with Gasteiger partial charge in [0.15, 0.2) is 6.10 Å². The summed E-state index contributed by atoms with van der Waals surface area (Å²) in [7, 11) is 0. The van der Waals surface area contributed by atoms with Crippen molar-refractivity contribution in [3.8, 4) is 11.8 Å². The lowest BCUT2D eigenvalue weighted by molar-refractivity contribution is -0.157. The first-order chi connectivity index (χ1) is 12.7. The fraction of sp³-hybridized carbons (Fsp3) is 0.476. The highest BCUT2D eigenvalue weighted by molar-refractivity contribution is 5.99. The normalized spacial score (nSPS) is 12.5. The lowest BCUT2D eigenvalue weighted by Gasteiger charge is -2.32. The quantitative estimate of drug-likeness (QED) is 0.396. The van der Waals surface area contributed by atoms with Gasteiger partial charge in [0.2, 0.25) is 0 Å². The first-order valence-electron chi connectivity index (χ1n) is 9.09. The maximum atomic E-state index is 12.6. The maximum Gasteiger partial charge on any atom is 0.349 e. The van der Waals surface area contributed by atoms with Crippen LogP contribution in [-0.2, 0) is 14.3 Å². The second-order valence-electron chi connectivity index (χ2n) is 6.65. The Bertz CT molecular complexity index is 707. The van der Waals surface area contributed by atoms with Crippen molar-refractivity contribution >= 4 is 18.0 Å². The van der Waals surface area contributed by atoms with Crippen LogP contribution in [0.25, 0.3) is 6.08 Å². The van der Waals surface area contributed by atoms with E-state index in [9.17, 15) is 14.9 Å². The van der Waals surface area contributed by atoms with Gasteiger partial charge in [-0.1, -0.05) is 12.1 Å². The number of ether oxygens (including phenoxy) is 2. The van der Waals surface area contributed by atoms with E-state index in [1.54, 1.807) is 29.2 Å². The van der Waals surface area contributed by atoms with E-state index in [-0.39, 0.29) is 23.6 Å². The third kappa shape index (κ3) is 6.45. The highest BCUT2D eigenvalue weighted by atomic mass is 16.5. The van der Waals surface area contributed by atoms with Crippen LogP contribution in [0.15, 0.2) is 29.8 Å². The third-order valence-electron chi connectivity index (χ3n) is 3.84. The third-order valence-corrected chi connectivity index (χ3v) is 3.84. The van der Waals surface area contributed by atoms with Crippen molar-refractivity contribution in [3.63, 3.8) is 0 Å². The van der Waals surface area contributed by atoms with Crippen LogP contribution >= 0.6 is 0 Å². The van der Waals surface area contributed by atoms with E-state index in [0.29, 0.717) is 17.9 Å². The van der Waals surface area contributed by atoms with Gasteiger partial charge < -0.3 is 14.4 Å². The Morgan fingerprint density at radius 3 is 2.11 bits per heavy atom. The van der Waals surface area contributed by atoms with Crippen molar-refractivity contribution in [1.82, 2.24) is 4.90 Å². The van der Waals surface area contributed by atoms with Crippen molar-refractivity contribution in [2.75, 3.05) is 6.61 Å². The standard InChI is InChI=1S/C21H28N2O4/c1-7-26-19-10-8-17(9-11-19)12-18(13-22)21(25)27-16(6)20(24)23(14(2)3)15(4)5/h8-12,14-16H,7H2,1-6H3/b18-12+/t16-/m0/s1. The number of rotatable bonds is 8. The molecule has 0 fully saturated rings. The molecule has 0 aliphatic heterocycles. The van der Waals surface area contributed by atoms with Crippen LogP contribution in [0.5, 0.6) is 5.75 Å². The van der Waals surface area contributed by atoms with E-state index in [2.05, 4.69) is 0 Å². The highest BCUT2D eigenvalue weighted by Gasteiger charge is 2.28. The molecule has 0 bridgehead atoms. The Kier molecular flexibility index (Phi) is 8.53. The number of hydrogen-bond donors (Lipinski definition) is 0. The molecule has 0 aliphatic rings. The van der Waals surface area contributed by atoms with Gasteiger partial charge in [0.1, 0.15) is 17.4 Å². The fourth-order valence-corrected chi connectivity index (χ4v) is 2.72. The lowest BCUT2D eigenvalue weighted by atomic mass is 10.1. The molecule has 146 valence electrons. The summed E-state index contributed by atoms with van der Waals surface area (Å²) in [6.45, 7) is 11.6. The maximum absolute atomic E-state index is 12.6. The molecular formula is C21H28N2O4. The van der Waals surface area contributed by atoms with E-state index in [1.807, 2.05) is 40.7 Å². The molecule has 6 heteroatoms. The number of nitrogens with zero attached hydrogens (tertiary/aromatic N) is 2. The second-order valence-corrected chi connectivity index (χ2v) is 6.65. The van der Waals surface area contributed by atoms with Crippen molar-refractivity contribution in [2.24, 2.45) is 0 Å². The predicted molar refractivity (Wildman–Crippen MR) is 104 cm³/mol. The minimum atomic E-state index is -0.973.